The Hall–Kier alpha value is -12.2. The molecule has 105 heavy (non-hydrogen) atoms. The van der Waals surface area contributed by atoms with E-state index in [0.29, 0.717) is 86.1 Å². The summed E-state index contributed by atoms with van der Waals surface area (Å²) in [5, 5.41) is 22.8. The monoisotopic (exact) mass is 1460 g/mol. The molecule has 0 saturated carbocycles. The zero-order valence-electron chi connectivity index (χ0n) is 56.0. The normalized spacial score (nSPS) is 11.5. The molecule has 0 aliphatic carbocycles. The van der Waals surface area contributed by atoms with Crippen molar-refractivity contribution in [1.82, 2.24) is 54.0 Å². The predicted molar refractivity (Wildman–Crippen MR) is 374 cm³/mol. The SMILES string of the molecule is CCC(=O)c1cnn2c(-c3cccc(C(=O)Nc4cccc(C(F)(F)F)c4)c3)ccnc12.CCN(CC)CCNC(=O)c1cnn2c(-c3cccc(NC(=O)Nc4ccc(Cl)c(C(F)(F)F)c4)c3)ccnc12.CCOC(=O)c1cnn2c(-c3cccc(CC(=O)c4cccc(C(F)(F)F)c4)c3)ccnc12. The molecule has 6 aromatic carbocycles. The molecule has 4 amide bonds. The van der Waals surface area contributed by atoms with Crippen molar-refractivity contribution >= 4 is 81.0 Å². The number of carbonyl (C=O) groups excluding carboxylic acids is 6. The molecule has 0 aliphatic rings. The summed E-state index contributed by atoms with van der Waals surface area (Å²) in [7, 11) is 0. The Balaban J connectivity index is 0.000000170. The summed E-state index contributed by atoms with van der Waals surface area (Å²) in [6, 6.07) is 36.7. The molecule has 4 N–H and O–H groups in total. The highest BCUT2D eigenvalue weighted by Gasteiger charge is 2.35. The number of ketones is 2. The van der Waals surface area contributed by atoms with Gasteiger partial charge in [0.15, 0.2) is 28.5 Å². The highest BCUT2D eigenvalue weighted by molar-refractivity contribution is 6.31. The van der Waals surface area contributed by atoms with Crippen LogP contribution in [0.25, 0.3) is 50.7 Å². The first-order valence-electron chi connectivity index (χ1n) is 32.3. The molecule has 31 heteroatoms. The van der Waals surface area contributed by atoms with E-state index in [4.69, 9.17) is 16.3 Å². The maximum absolute atomic E-state index is 13.1. The third kappa shape index (κ3) is 18.4. The van der Waals surface area contributed by atoms with Crippen molar-refractivity contribution in [3.05, 3.63) is 250 Å². The lowest BCUT2D eigenvalue weighted by molar-refractivity contribution is -0.138. The smallest absolute Gasteiger partial charge is 0.417 e. The fraction of sp³-hybridized carbons (Fsp3) is 0.189. The maximum atomic E-state index is 13.1. The highest BCUT2D eigenvalue weighted by atomic mass is 35.5. The van der Waals surface area contributed by atoms with Crippen LogP contribution in [0, 0.1) is 0 Å². The summed E-state index contributed by atoms with van der Waals surface area (Å²) >= 11 is 5.64. The summed E-state index contributed by atoms with van der Waals surface area (Å²) in [5.74, 6) is -1.88. The number of nitrogens with zero attached hydrogens (tertiary/aromatic N) is 10. The number of alkyl halides is 9. The first kappa shape index (κ1) is 75.5. The topological polar surface area (TPSA) is 254 Å². The number of hydrogen-bond donors (Lipinski definition) is 4. The van der Waals surface area contributed by atoms with E-state index in [9.17, 15) is 68.3 Å². The molecule has 0 fully saturated rings. The molecule has 0 aliphatic heterocycles. The van der Waals surface area contributed by atoms with Gasteiger partial charge in [-0.1, -0.05) is 93.0 Å². The van der Waals surface area contributed by atoms with Crippen LogP contribution in [0.15, 0.2) is 195 Å². The number of nitrogens with one attached hydrogen (secondary N) is 4. The summed E-state index contributed by atoms with van der Waals surface area (Å²) in [5.41, 5.74) is 4.39. The number of halogens is 10. The Labute approximate surface area is 597 Å². The molecule has 6 aromatic heterocycles. The quantitative estimate of drug-likeness (QED) is 0.0315. The van der Waals surface area contributed by atoms with Crippen molar-refractivity contribution < 1.29 is 73.0 Å². The molecular weight excluding hydrogens is 1400 g/mol. The van der Waals surface area contributed by atoms with Gasteiger partial charge in [-0.05, 0) is 123 Å². The van der Waals surface area contributed by atoms with Crippen LogP contribution in [0.4, 0.5) is 61.4 Å². The molecule has 0 bridgehead atoms. The number of urea groups is 1. The first-order chi connectivity index (χ1) is 50.1. The average molecular weight is 1470 g/mol. The molecule has 0 unspecified atom stereocenters. The summed E-state index contributed by atoms with van der Waals surface area (Å²) in [4.78, 5) is 89.9. The third-order valence-corrected chi connectivity index (χ3v) is 16.4. The van der Waals surface area contributed by atoms with Gasteiger partial charge in [-0.25, -0.2) is 38.1 Å². The van der Waals surface area contributed by atoms with Crippen molar-refractivity contribution in [2.24, 2.45) is 0 Å². The van der Waals surface area contributed by atoms with Gasteiger partial charge in [0.25, 0.3) is 11.8 Å². The van der Waals surface area contributed by atoms with E-state index in [1.807, 2.05) is 0 Å². The second kappa shape index (κ2) is 32.9. The van der Waals surface area contributed by atoms with Gasteiger partial charge in [-0.15, -0.1) is 0 Å². The number of Topliss-reactive ketones (excluding diaryl/α,β-unsaturated/α-hetero) is 2. The number of likely N-dealkylation sites (N-methyl/N-ethyl adjacent to an activating group) is 1. The number of esters is 1. The highest BCUT2D eigenvalue weighted by Crippen LogP contribution is 2.37. The van der Waals surface area contributed by atoms with E-state index in [2.05, 4.69) is 70.3 Å². The fourth-order valence-corrected chi connectivity index (χ4v) is 11.1. The van der Waals surface area contributed by atoms with Crippen LogP contribution in [0.2, 0.25) is 5.02 Å². The Bertz CT molecular complexity index is 5210. The second-order valence-corrected chi connectivity index (χ2v) is 23.4. The Kier molecular flexibility index (Phi) is 23.6. The minimum atomic E-state index is -4.66. The number of amides is 4. The molecule has 0 radical (unpaired) electrons. The second-order valence-electron chi connectivity index (χ2n) is 23.0. The van der Waals surface area contributed by atoms with Gasteiger partial charge < -0.3 is 30.9 Å². The van der Waals surface area contributed by atoms with Crippen LogP contribution in [0.1, 0.15) is 108 Å². The van der Waals surface area contributed by atoms with E-state index >= 15 is 0 Å². The van der Waals surface area contributed by atoms with E-state index < -0.39 is 63.9 Å². The number of carbonyl (C=O) groups is 6. The third-order valence-electron chi connectivity index (χ3n) is 16.1. The molecule has 0 saturated heterocycles. The molecule has 540 valence electrons. The molecule has 12 rings (SSSR count). The van der Waals surface area contributed by atoms with E-state index in [1.165, 1.54) is 68.7 Å². The van der Waals surface area contributed by atoms with Crippen LogP contribution in [0.5, 0.6) is 0 Å². The molecular formula is C74H62ClF9N14O7. The Morgan fingerprint density at radius 1 is 0.486 bits per heavy atom. The zero-order chi connectivity index (χ0) is 75.3. The summed E-state index contributed by atoms with van der Waals surface area (Å²) in [6.07, 6.45) is -4.50. The van der Waals surface area contributed by atoms with Crippen LogP contribution in [-0.2, 0) is 29.7 Å². The van der Waals surface area contributed by atoms with Crippen LogP contribution in [-0.4, -0.2) is 117 Å². The molecule has 0 spiro atoms. The lowest BCUT2D eigenvalue weighted by atomic mass is 9.99. The van der Waals surface area contributed by atoms with Gasteiger partial charge in [-0.2, -0.15) is 54.8 Å². The summed E-state index contributed by atoms with van der Waals surface area (Å²) in [6.45, 7) is 10.8. The molecule has 12 aromatic rings. The van der Waals surface area contributed by atoms with E-state index in [-0.39, 0.29) is 52.8 Å². The number of ether oxygens (including phenoxy) is 1. The van der Waals surface area contributed by atoms with Crippen molar-refractivity contribution in [3.63, 3.8) is 0 Å². The Morgan fingerprint density at radius 3 is 1.56 bits per heavy atom. The number of hydrogen-bond acceptors (Lipinski definition) is 14. The van der Waals surface area contributed by atoms with Crippen molar-refractivity contribution in [1.29, 1.82) is 0 Å². The minimum absolute atomic E-state index is 0.00677. The molecule has 6 heterocycles. The molecule has 21 nitrogen and oxygen atoms in total. The standard InChI is InChI=1S/C27H27ClF3N7O2.C24H18F3N3O3.C23H17F3N4O2/c1-3-37(4-2)13-12-33-25(39)20-16-34-38-23(10-11-32-24(20)38)17-6-5-7-18(14-17)35-26(40)36-19-8-9-22(28)21(15-19)27(29,30)31;1-2-33-23(32)19-14-29-30-20(9-10-28-22(19)30)16-6-3-5-15(11-16)12-21(31)17-7-4-8-18(13-17)24(25,26)27;1-2-20(31)18-13-28-30-19(9-10-27-21(18)30)14-5-3-6-15(11-14)22(32)29-17-8-4-7-16(12-17)23(24,25)26/h5-11,14-16H,3-4,12-13H2,1-2H3,(H,33,39)(H2,35,36,40);3-11,13-14H,2,12H2,1H3;3-13H,2H2,1H3,(H,29,32). The van der Waals surface area contributed by atoms with Crippen molar-refractivity contribution in [2.75, 3.05) is 48.7 Å². The van der Waals surface area contributed by atoms with Crippen LogP contribution in [0.3, 0.4) is 0 Å². The van der Waals surface area contributed by atoms with Gasteiger partial charge in [0, 0.05) is 89.4 Å². The van der Waals surface area contributed by atoms with Crippen LogP contribution < -0.4 is 21.3 Å². The number of fused-ring (bicyclic) bond motifs is 3. The fourth-order valence-electron chi connectivity index (χ4n) is 10.9. The number of anilines is 3. The Morgan fingerprint density at radius 2 is 0.981 bits per heavy atom. The predicted octanol–water partition coefficient (Wildman–Crippen LogP) is 16.1. The minimum Gasteiger partial charge on any atom is -0.462 e. The number of benzene rings is 6. The number of aromatic nitrogens is 9. The van der Waals surface area contributed by atoms with Crippen molar-refractivity contribution in [2.45, 2.75) is 59.1 Å². The van der Waals surface area contributed by atoms with Gasteiger partial charge in [-0.3, -0.25) is 19.2 Å². The largest absolute Gasteiger partial charge is 0.462 e. The number of rotatable bonds is 20. The van der Waals surface area contributed by atoms with E-state index in [0.717, 1.165) is 56.0 Å². The van der Waals surface area contributed by atoms with Crippen molar-refractivity contribution in [3.8, 4) is 33.8 Å². The maximum Gasteiger partial charge on any atom is 0.417 e. The summed E-state index contributed by atoms with van der Waals surface area (Å²) < 4.78 is 127. The van der Waals surface area contributed by atoms with Gasteiger partial charge in [0.05, 0.1) is 69.6 Å². The van der Waals surface area contributed by atoms with Crippen LogP contribution >= 0.6 is 11.6 Å². The van der Waals surface area contributed by atoms with E-state index in [1.54, 1.807) is 117 Å². The van der Waals surface area contributed by atoms with Gasteiger partial charge in [0.1, 0.15) is 11.1 Å². The molecule has 0 atom stereocenters. The average Bonchev–Trinajstić information content (AvgIpc) is 1.67. The lowest BCUT2D eigenvalue weighted by Crippen LogP contribution is -2.34. The lowest BCUT2D eigenvalue weighted by Gasteiger charge is -2.17. The van der Waals surface area contributed by atoms with Gasteiger partial charge in [0.2, 0.25) is 0 Å². The first-order valence-corrected chi connectivity index (χ1v) is 32.7. The van der Waals surface area contributed by atoms with Gasteiger partial charge >= 0.3 is 30.5 Å². The zero-order valence-corrected chi connectivity index (χ0v) is 56.8.